The number of thiocarbonyl (C=S) groups is 1. The van der Waals surface area contributed by atoms with E-state index in [0.29, 0.717) is 11.7 Å². The summed E-state index contributed by atoms with van der Waals surface area (Å²) in [6.45, 7) is 5.31. The molecule has 0 aliphatic rings. The number of hydrogen-bond acceptors (Lipinski definition) is 3. The standard InChI is InChI=1S/C9H15N3O3S/c1-3-4-10-9(16)11-5-7(13)12-6(2)8(14)15/h3,6H,1,4-5H2,2H3,(H,12,13)(H,14,15)(H2,10,11,16)/t6-/m0/s1. The summed E-state index contributed by atoms with van der Waals surface area (Å²) in [6, 6.07) is -0.913. The van der Waals surface area contributed by atoms with Crippen LogP contribution in [0.15, 0.2) is 12.7 Å². The minimum absolute atomic E-state index is 0.0689. The van der Waals surface area contributed by atoms with E-state index in [2.05, 4.69) is 22.5 Å². The molecule has 1 atom stereocenters. The molecule has 90 valence electrons. The first kappa shape index (κ1) is 14.4. The van der Waals surface area contributed by atoms with Crippen molar-refractivity contribution in [3.63, 3.8) is 0 Å². The van der Waals surface area contributed by atoms with Crippen molar-refractivity contribution < 1.29 is 14.7 Å². The Bertz CT molecular complexity index is 294. The summed E-state index contributed by atoms with van der Waals surface area (Å²) < 4.78 is 0. The second-order valence-corrected chi connectivity index (χ2v) is 3.39. The van der Waals surface area contributed by atoms with Crippen molar-refractivity contribution in [2.75, 3.05) is 13.1 Å². The van der Waals surface area contributed by atoms with Crippen LogP contribution in [0.25, 0.3) is 0 Å². The van der Waals surface area contributed by atoms with Crippen LogP contribution in [0.5, 0.6) is 0 Å². The van der Waals surface area contributed by atoms with Crippen molar-refractivity contribution in [3.05, 3.63) is 12.7 Å². The van der Waals surface area contributed by atoms with E-state index in [9.17, 15) is 9.59 Å². The lowest BCUT2D eigenvalue weighted by molar-refractivity contribution is -0.141. The van der Waals surface area contributed by atoms with Crippen LogP contribution in [0.4, 0.5) is 0 Å². The number of carboxylic acids is 1. The van der Waals surface area contributed by atoms with Crippen molar-refractivity contribution in [3.8, 4) is 0 Å². The number of carbonyl (C=O) groups excluding carboxylic acids is 1. The molecule has 0 saturated carbocycles. The van der Waals surface area contributed by atoms with Crippen LogP contribution in [0, 0.1) is 0 Å². The summed E-state index contributed by atoms with van der Waals surface area (Å²) in [7, 11) is 0. The lowest BCUT2D eigenvalue weighted by Crippen LogP contribution is -2.46. The van der Waals surface area contributed by atoms with Gasteiger partial charge in [-0.05, 0) is 19.1 Å². The van der Waals surface area contributed by atoms with Gasteiger partial charge in [0.05, 0.1) is 6.54 Å². The molecule has 0 rings (SSSR count). The molecule has 6 nitrogen and oxygen atoms in total. The maximum atomic E-state index is 11.2. The number of rotatable bonds is 6. The largest absolute Gasteiger partial charge is 0.480 e. The van der Waals surface area contributed by atoms with Crippen LogP contribution in [0.1, 0.15) is 6.92 Å². The Kier molecular flexibility index (Phi) is 6.86. The molecule has 0 aromatic carbocycles. The third kappa shape index (κ3) is 6.77. The molecule has 0 aromatic rings. The molecule has 0 unspecified atom stereocenters. The Balaban J connectivity index is 3.76. The van der Waals surface area contributed by atoms with Crippen molar-refractivity contribution in [2.24, 2.45) is 0 Å². The predicted molar refractivity (Wildman–Crippen MR) is 64.0 cm³/mol. The molecule has 0 heterocycles. The summed E-state index contributed by atoms with van der Waals surface area (Å²) in [5.41, 5.74) is 0. The van der Waals surface area contributed by atoms with Gasteiger partial charge in [-0.2, -0.15) is 0 Å². The van der Waals surface area contributed by atoms with Crippen molar-refractivity contribution >= 4 is 29.2 Å². The summed E-state index contributed by atoms with van der Waals surface area (Å²) >= 11 is 4.84. The number of nitrogens with one attached hydrogen (secondary N) is 3. The van der Waals surface area contributed by atoms with E-state index in [1.807, 2.05) is 0 Å². The zero-order valence-electron chi connectivity index (χ0n) is 8.95. The van der Waals surface area contributed by atoms with Gasteiger partial charge in [-0.3, -0.25) is 9.59 Å². The summed E-state index contributed by atoms with van der Waals surface area (Å²) in [4.78, 5) is 21.6. The van der Waals surface area contributed by atoms with Crippen LogP contribution < -0.4 is 16.0 Å². The van der Waals surface area contributed by atoms with E-state index in [1.165, 1.54) is 6.92 Å². The average molecular weight is 245 g/mol. The maximum Gasteiger partial charge on any atom is 0.325 e. The fourth-order valence-electron chi connectivity index (χ4n) is 0.742. The number of hydrogen-bond donors (Lipinski definition) is 4. The van der Waals surface area contributed by atoms with Crippen LogP contribution >= 0.6 is 12.2 Å². The monoisotopic (exact) mass is 245 g/mol. The fraction of sp³-hybridized carbons (Fsp3) is 0.444. The van der Waals surface area contributed by atoms with Gasteiger partial charge < -0.3 is 21.1 Å². The molecule has 7 heteroatoms. The van der Waals surface area contributed by atoms with E-state index in [1.54, 1.807) is 6.08 Å². The van der Waals surface area contributed by atoms with Crippen LogP contribution in [0.3, 0.4) is 0 Å². The molecule has 1 amide bonds. The number of carbonyl (C=O) groups is 2. The van der Waals surface area contributed by atoms with Gasteiger partial charge in [-0.25, -0.2) is 0 Å². The first-order valence-electron chi connectivity index (χ1n) is 4.62. The second kappa shape index (κ2) is 7.63. The molecule has 0 spiro atoms. The highest BCUT2D eigenvalue weighted by atomic mass is 32.1. The highest BCUT2D eigenvalue weighted by molar-refractivity contribution is 7.80. The number of aliphatic carboxylic acids is 1. The van der Waals surface area contributed by atoms with Gasteiger partial charge in [0.2, 0.25) is 5.91 Å². The molecular formula is C9H15N3O3S. The Morgan fingerprint density at radius 1 is 1.50 bits per heavy atom. The smallest absolute Gasteiger partial charge is 0.325 e. The predicted octanol–water partition coefficient (Wildman–Crippen LogP) is -0.774. The lowest BCUT2D eigenvalue weighted by atomic mass is 10.3. The average Bonchev–Trinajstić information content (AvgIpc) is 2.23. The highest BCUT2D eigenvalue weighted by Gasteiger charge is 2.13. The number of amides is 1. The molecule has 4 N–H and O–H groups in total. The van der Waals surface area contributed by atoms with Gasteiger partial charge in [-0.1, -0.05) is 6.08 Å². The molecule has 0 radical (unpaired) electrons. The third-order valence-corrected chi connectivity index (χ3v) is 1.85. The maximum absolute atomic E-state index is 11.2. The van der Waals surface area contributed by atoms with Crippen molar-refractivity contribution in [1.29, 1.82) is 0 Å². The van der Waals surface area contributed by atoms with E-state index in [4.69, 9.17) is 17.3 Å². The van der Waals surface area contributed by atoms with E-state index in [0.717, 1.165) is 0 Å². The van der Waals surface area contributed by atoms with Gasteiger partial charge in [0.1, 0.15) is 6.04 Å². The molecule has 0 aromatic heterocycles. The Morgan fingerprint density at radius 3 is 2.62 bits per heavy atom. The minimum Gasteiger partial charge on any atom is -0.480 e. The molecular weight excluding hydrogens is 230 g/mol. The van der Waals surface area contributed by atoms with Gasteiger partial charge in [0, 0.05) is 6.54 Å². The Morgan fingerprint density at radius 2 is 2.12 bits per heavy atom. The molecule has 0 aliphatic carbocycles. The van der Waals surface area contributed by atoms with E-state index < -0.39 is 17.9 Å². The molecule has 16 heavy (non-hydrogen) atoms. The van der Waals surface area contributed by atoms with Crippen LogP contribution in [-0.2, 0) is 9.59 Å². The summed E-state index contributed by atoms with van der Waals surface area (Å²) in [6.07, 6.45) is 1.63. The summed E-state index contributed by atoms with van der Waals surface area (Å²) in [5.74, 6) is -1.52. The first-order chi connectivity index (χ1) is 7.47. The highest BCUT2D eigenvalue weighted by Crippen LogP contribution is 1.80. The van der Waals surface area contributed by atoms with Crippen molar-refractivity contribution in [2.45, 2.75) is 13.0 Å². The third-order valence-electron chi connectivity index (χ3n) is 1.56. The van der Waals surface area contributed by atoms with Gasteiger partial charge >= 0.3 is 5.97 Å². The zero-order valence-corrected chi connectivity index (χ0v) is 9.76. The normalized spacial score (nSPS) is 11.1. The van der Waals surface area contributed by atoms with Gasteiger partial charge in [0.25, 0.3) is 0 Å². The Hall–Kier alpha value is -1.63. The quantitative estimate of drug-likeness (QED) is 0.363. The molecule has 0 aliphatic heterocycles. The van der Waals surface area contributed by atoms with E-state index in [-0.39, 0.29) is 6.54 Å². The molecule has 0 fully saturated rings. The SMILES string of the molecule is C=CCNC(=S)NCC(=O)N[C@@H](C)C(=O)O. The van der Waals surface area contributed by atoms with Crippen LogP contribution in [0.2, 0.25) is 0 Å². The topological polar surface area (TPSA) is 90.5 Å². The number of carboxylic acid groups (broad SMARTS) is 1. The van der Waals surface area contributed by atoms with Crippen molar-refractivity contribution in [1.82, 2.24) is 16.0 Å². The summed E-state index contributed by atoms with van der Waals surface area (Å²) in [5, 5.41) is 16.5. The Labute approximate surface area is 99.1 Å². The molecule has 0 bridgehead atoms. The molecule has 0 saturated heterocycles. The zero-order chi connectivity index (χ0) is 12.6. The van der Waals surface area contributed by atoms with Crippen LogP contribution in [-0.4, -0.2) is 41.2 Å². The first-order valence-corrected chi connectivity index (χ1v) is 5.03. The fourth-order valence-corrected chi connectivity index (χ4v) is 0.898. The van der Waals surface area contributed by atoms with E-state index >= 15 is 0 Å². The second-order valence-electron chi connectivity index (χ2n) is 2.98. The minimum atomic E-state index is -1.08. The van der Waals surface area contributed by atoms with Gasteiger partial charge in [0.15, 0.2) is 5.11 Å². The lowest BCUT2D eigenvalue weighted by Gasteiger charge is -2.11. The van der Waals surface area contributed by atoms with Gasteiger partial charge in [-0.15, -0.1) is 6.58 Å².